The molecule has 0 saturated heterocycles. The topological polar surface area (TPSA) is 82.9 Å². The van der Waals surface area contributed by atoms with Gasteiger partial charge in [-0.15, -0.1) is 0 Å². The Morgan fingerprint density at radius 2 is 2.05 bits per heavy atom. The van der Waals surface area contributed by atoms with Crippen LogP contribution in [0.3, 0.4) is 0 Å². The number of aryl methyl sites for hydroxylation is 1. The highest BCUT2D eigenvalue weighted by molar-refractivity contribution is 5.69. The van der Waals surface area contributed by atoms with Crippen molar-refractivity contribution in [1.82, 2.24) is 9.88 Å². The third kappa shape index (κ3) is 3.08. The fourth-order valence-electron chi connectivity index (χ4n) is 2.15. The van der Waals surface area contributed by atoms with Gasteiger partial charge in [0, 0.05) is 0 Å². The molecule has 0 atom stereocenters. The summed E-state index contributed by atoms with van der Waals surface area (Å²) in [4.78, 5) is 17.8. The van der Waals surface area contributed by atoms with Crippen LogP contribution in [0.5, 0.6) is 0 Å². The molecule has 1 aromatic rings. The summed E-state index contributed by atoms with van der Waals surface area (Å²) >= 11 is 0. The van der Waals surface area contributed by atoms with Gasteiger partial charge < -0.3 is 14.9 Å². The molecule has 0 saturated carbocycles. The highest BCUT2D eigenvalue weighted by Crippen LogP contribution is 2.27. The van der Waals surface area contributed by atoms with Crippen LogP contribution in [-0.4, -0.2) is 31.8 Å². The Kier molecular flexibility index (Phi) is 3.71. The van der Waals surface area contributed by atoms with Crippen LogP contribution >= 0.6 is 0 Å². The average Bonchev–Trinajstić information content (AvgIpc) is 2.70. The molecule has 2 N–H and O–H groups in total. The lowest BCUT2D eigenvalue weighted by atomic mass is 10.1. The van der Waals surface area contributed by atoms with Crippen LogP contribution in [0.4, 0.5) is 4.79 Å². The maximum Gasteiger partial charge on any atom is 0.410 e. The van der Waals surface area contributed by atoms with Crippen molar-refractivity contribution >= 4 is 6.09 Å². The molecule has 0 unspecified atom stereocenters. The van der Waals surface area contributed by atoms with Crippen LogP contribution in [0.2, 0.25) is 0 Å². The van der Waals surface area contributed by atoms with Crippen LogP contribution < -0.4 is 0 Å². The van der Waals surface area contributed by atoms with E-state index in [1.807, 2.05) is 27.7 Å². The van der Waals surface area contributed by atoms with E-state index in [0.717, 1.165) is 11.1 Å². The summed E-state index contributed by atoms with van der Waals surface area (Å²) in [5.41, 5.74) is 2.19. The average molecular weight is 280 g/mol. The zero-order valence-electron chi connectivity index (χ0n) is 12.2. The van der Waals surface area contributed by atoms with Crippen molar-refractivity contribution < 1.29 is 19.7 Å². The molecular weight excluding hydrogens is 260 g/mol. The minimum atomic E-state index is -1.60. The van der Waals surface area contributed by atoms with Gasteiger partial charge in [-0.25, -0.2) is 4.79 Å². The molecule has 0 aliphatic carbocycles. The molecule has 0 fully saturated rings. The Balaban J connectivity index is 2.19. The van der Waals surface area contributed by atoms with Crippen molar-refractivity contribution in [3.05, 3.63) is 28.6 Å². The van der Waals surface area contributed by atoms with Crippen molar-refractivity contribution in [2.24, 2.45) is 0 Å². The van der Waals surface area contributed by atoms with Crippen molar-refractivity contribution in [2.75, 3.05) is 0 Å². The summed E-state index contributed by atoms with van der Waals surface area (Å²) in [6, 6.07) is 1.63. The van der Waals surface area contributed by atoms with E-state index in [1.165, 1.54) is 0 Å². The number of rotatable bonds is 1. The Labute approximate surface area is 118 Å². The van der Waals surface area contributed by atoms with Crippen molar-refractivity contribution in [3.8, 4) is 0 Å². The Morgan fingerprint density at radius 1 is 1.40 bits per heavy atom. The molecule has 1 aliphatic rings. The highest BCUT2D eigenvalue weighted by Gasteiger charge is 2.30. The minimum absolute atomic E-state index is 0.201. The predicted molar refractivity (Wildman–Crippen MR) is 71.6 cm³/mol. The molecule has 2 rings (SSSR count). The van der Waals surface area contributed by atoms with E-state index in [4.69, 9.17) is 4.74 Å². The van der Waals surface area contributed by atoms with Gasteiger partial charge >= 0.3 is 6.09 Å². The van der Waals surface area contributed by atoms with E-state index in [9.17, 15) is 15.0 Å². The monoisotopic (exact) mass is 280 g/mol. The van der Waals surface area contributed by atoms with Crippen LogP contribution in [0.1, 0.15) is 49.6 Å². The van der Waals surface area contributed by atoms with Gasteiger partial charge in [0.1, 0.15) is 5.60 Å². The molecule has 1 amide bonds. The van der Waals surface area contributed by atoms with E-state index >= 15 is 0 Å². The molecule has 110 valence electrons. The molecule has 6 nitrogen and oxygen atoms in total. The van der Waals surface area contributed by atoms with Gasteiger partial charge in [-0.3, -0.25) is 9.88 Å². The van der Waals surface area contributed by atoms with E-state index in [2.05, 4.69) is 4.98 Å². The number of nitrogens with zero attached hydrogens (tertiary/aromatic N) is 2. The summed E-state index contributed by atoms with van der Waals surface area (Å²) in [5, 5.41) is 18.4. The third-order valence-corrected chi connectivity index (χ3v) is 3.06. The first kappa shape index (κ1) is 14.7. The lowest BCUT2D eigenvalue weighted by molar-refractivity contribution is -0.0460. The molecule has 6 heteroatoms. The molecule has 1 aromatic heterocycles. The molecule has 20 heavy (non-hydrogen) atoms. The van der Waals surface area contributed by atoms with Crippen LogP contribution in [0.25, 0.3) is 0 Å². The molecular formula is C14H20N2O4. The van der Waals surface area contributed by atoms with Crippen molar-refractivity contribution in [3.63, 3.8) is 0 Å². The third-order valence-electron chi connectivity index (χ3n) is 3.06. The van der Waals surface area contributed by atoms with Gasteiger partial charge in [-0.05, 0) is 44.9 Å². The fraction of sp³-hybridized carbons (Fsp3) is 0.571. The number of pyridine rings is 1. The fourth-order valence-corrected chi connectivity index (χ4v) is 2.15. The van der Waals surface area contributed by atoms with Gasteiger partial charge in [0.05, 0.1) is 24.5 Å². The Hall–Kier alpha value is -1.66. The Morgan fingerprint density at radius 3 is 2.60 bits per heavy atom. The standard InChI is InChI=1S/C14H20N2O4/c1-8-5-10(12(17)18)15-11-7-16(6-9(8)11)13(19)20-14(2,3)4/h5,12,17-18H,6-7H2,1-4H3. The number of carbonyl (C=O) groups excluding carboxylic acids is 1. The first-order chi connectivity index (χ1) is 9.17. The number of aliphatic hydroxyl groups excluding tert-OH is 1. The smallest absolute Gasteiger partial charge is 0.410 e. The zero-order chi connectivity index (χ0) is 15.1. The number of hydrogen-bond acceptors (Lipinski definition) is 5. The first-order valence-electron chi connectivity index (χ1n) is 6.51. The normalized spacial score (nSPS) is 14.7. The SMILES string of the molecule is Cc1cc(C(O)O)nc2c1CN(C(=O)OC(C)(C)C)C2. The summed E-state index contributed by atoms with van der Waals surface area (Å²) < 4.78 is 5.33. The van der Waals surface area contributed by atoms with E-state index in [1.54, 1.807) is 11.0 Å². The Bertz CT molecular complexity index is 535. The minimum Gasteiger partial charge on any atom is -0.444 e. The van der Waals surface area contributed by atoms with Gasteiger partial charge in [-0.1, -0.05) is 0 Å². The largest absolute Gasteiger partial charge is 0.444 e. The maximum absolute atomic E-state index is 12.0. The summed E-state index contributed by atoms with van der Waals surface area (Å²) in [6.45, 7) is 8.08. The number of fused-ring (bicyclic) bond motifs is 1. The second-order valence-electron chi connectivity index (χ2n) is 6.00. The van der Waals surface area contributed by atoms with Gasteiger partial charge in [-0.2, -0.15) is 0 Å². The summed E-state index contributed by atoms with van der Waals surface area (Å²) in [6.07, 6.45) is -1.99. The lowest BCUT2D eigenvalue weighted by Crippen LogP contribution is -2.33. The van der Waals surface area contributed by atoms with E-state index in [-0.39, 0.29) is 11.8 Å². The second kappa shape index (κ2) is 5.03. The van der Waals surface area contributed by atoms with Gasteiger partial charge in [0.15, 0.2) is 6.29 Å². The zero-order valence-corrected chi connectivity index (χ0v) is 12.2. The molecule has 0 aromatic carbocycles. The van der Waals surface area contributed by atoms with Crippen LogP contribution in [0.15, 0.2) is 6.07 Å². The number of ether oxygens (including phenoxy) is 1. The van der Waals surface area contributed by atoms with Crippen LogP contribution in [0, 0.1) is 6.92 Å². The van der Waals surface area contributed by atoms with E-state index in [0.29, 0.717) is 18.8 Å². The second-order valence-corrected chi connectivity index (χ2v) is 6.00. The molecule has 2 heterocycles. The molecule has 0 radical (unpaired) electrons. The van der Waals surface area contributed by atoms with Crippen LogP contribution in [-0.2, 0) is 17.8 Å². The number of aromatic nitrogens is 1. The molecule has 0 bridgehead atoms. The number of aliphatic hydroxyl groups is 2. The molecule has 0 spiro atoms. The highest BCUT2D eigenvalue weighted by atomic mass is 16.6. The van der Waals surface area contributed by atoms with E-state index < -0.39 is 11.9 Å². The summed E-state index contributed by atoms with van der Waals surface area (Å²) in [5.74, 6) is 0. The number of hydrogen-bond donors (Lipinski definition) is 2. The van der Waals surface area contributed by atoms with Gasteiger partial charge in [0.2, 0.25) is 0 Å². The van der Waals surface area contributed by atoms with Crippen molar-refractivity contribution in [1.29, 1.82) is 0 Å². The number of amides is 1. The molecule has 1 aliphatic heterocycles. The number of carbonyl (C=O) groups is 1. The summed E-state index contributed by atoms with van der Waals surface area (Å²) in [7, 11) is 0. The van der Waals surface area contributed by atoms with Gasteiger partial charge in [0.25, 0.3) is 0 Å². The lowest BCUT2D eigenvalue weighted by Gasteiger charge is -2.24. The maximum atomic E-state index is 12.0. The predicted octanol–water partition coefficient (Wildman–Crippen LogP) is 1.62. The van der Waals surface area contributed by atoms with Crippen molar-refractivity contribution in [2.45, 2.75) is 52.7 Å². The first-order valence-corrected chi connectivity index (χ1v) is 6.51. The quantitative estimate of drug-likeness (QED) is 0.764.